The van der Waals surface area contributed by atoms with Crippen molar-refractivity contribution in [2.24, 2.45) is 5.73 Å². The van der Waals surface area contributed by atoms with E-state index in [-0.39, 0.29) is 30.2 Å². The van der Waals surface area contributed by atoms with E-state index in [1.165, 1.54) is 6.92 Å². The summed E-state index contributed by atoms with van der Waals surface area (Å²) in [5, 5.41) is 2.88. The predicted octanol–water partition coefficient (Wildman–Crippen LogP) is 5.76. The van der Waals surface area contributed by atoms with Crippen LogP contribution in [0.4, 0.5) is 26.3 Å². The van der Waals surface area contributed by atoms with E-state index < -0.39 is 40.5 Å². The van der Waals surface area contributed by atoms with E-state index in [2.05, 4.69) is 5.32 Å². The average molecular weight is 502 g/mol. The molecule has 1 aliphatic carbocycles. The van der Waals surface area contributed by atoms with Crippen molar-refractivity contribution in [3.8, 4) is 0 Å². The molecule has 3 N–H and O–H groups in total. The van der Waals surface area contributed by atoms with E-state index >= 15 is 0 Å². The third kappa shape index (κ3) is 6.35. The van der Waals surface area contributed by atoms with Crippen molar-refractivity contribution in [2.45, 2.75) is 69.1 Å². The van der Waals surface area contributed by atoms with Gasteiger partial charge in [0, 0.05) is 11.5 Å². The first kappa shape index (κ1) is 27.0. The van der Waals surface area contributed by atoms with Crippen LogP contribution in [0.2, 0.25) is 0 Å². The maximum absolute atomic E-state index is 13.2. The lowest BCUT2D eigenvalue weighted by atomic mass is 9.62. The SMILES string of the molecule is C[C@@H](OC[C@]1(c2ccccc2)C[C@@H](NC(=O)C(C)(C)N)C1)c1cc(C(F)(F)F)cc(C(F)(F)F)c1. The van der Waals surface area contributed by atoms with Crippen molar-refractivity contribution in [3.63, 3.8) is 0 Å². The number of benzene rings is 2. The van der Waals surface area contributed by atoms with Crippen LogP contribution in [0.25, 0.3) is 0 Å². The van der Waals surface area contributed by atoms with E-state index in [0.29, 0.717) is 25.0 Å². The highest BCUT2D eigenvalue weighted by Crippen LogP contribution is 2.45. The van der Waals surface area contributed by atoms with E-state index in [1.807, 2.05) is 30.3 Å². The fraction of sp³-hybridized carbons (Fsp3) is 0.480. The summed E-state index contributed by atoms with van der Waals surface area (Å²) in [6.07, 6.45) is -9.92. The summed E-state index contributed by atoms with van der Waals surface area (Å²) in [4.78, 5) is 12.2. The number of nitrogens with two attached hydrogens (primary N) is 1. The molecular formula is C25H28F6N2O2. The van der Waals surface area contributed by atoms with Gasteiger partial charge >= 0.3 is 12.4 Å². The van der Waals surface area contributed by atoms with Gasteiger partial charge in [-0.15, -0.1) is 0 Å². The Balaban J connectivity index is 1.81. The van der Waals surface area contributed by atoms with Gasteiger partial charge < -0.3 is 15.8 Å². The minimum Gasteiger partial charge on any atom is -0.373 e. The van der Waals surface area contributed by atoms with Crippen LogP contribution >= 0.6 is 0 Å². The second kappa shape index (κ2) is 9.46. The van der Waals surface area contributed by atoms with Crippen molar-refractivity contribution < 1.29 is 35.9 Å². The highest BCUT2D eigenvalue weighted by molar-refractivity contribution is 5.85. The molecule has 1 fully saturated rings. The Bertz CT molecular complexity index is 1010. The molecular weight excluding hydrogens is 474 g/mol. The van der Waals surface area contributed by atoms with Gasteiger partial charge in [0.1, 0.15) is 0 Å². The lowest BCUT2D eigenvalue weighted by Gasteiger charge is -2.49. The van der Waals surface area contributed by atoms with Crippen LogP contribution < -0.4 is 11.1 Å². The summed E-state index contributed by atoms with van der Waals surface area (Å²) in [6, 6.07) is 10.5. The first-order valence-electron chi connectivity index (χ1n) is 11.1. The lowest BCUT2D eigenvalue weighted by molar-refractivity contribution is -0.143. The van der Waals surface area contributed by atoms with Crippen molar-refractivity contribution in [1.82, 2.24) is 5.32 Å². The molecule has 0 unspecified atom stereocenters. The van der Waals surface area contributed by atoms with E-state index in [1.54, 1.807) is 13.8 Å². The first-order valence-corrected chi connectivity index (χ1v) is 11.1. The molecule has 1 atom stereocenters. The zero-order valence-corrected chi connectivity index (χ0v) is 19.6. The highest BCUT2D eigenvalue weighted by atomic mass is 19.4. The summed E-state index contributed by atoms with van der Waals surface area (Å²) in [7, 11) is 0. The van der Waals surface area contributed by atoms with Gasteiger partial charge in [-0.1, -0.05) is 30.3 Å². The molecule has 0 bridgehead atoms. The molecule has 192 valence electrons. The normalized spacial score (nSPS) is 21.8. The Labute approximate surface area is 199 Å². The molecule has 0 saturated heterocycles. The molecule has 1 saturated carbocycles. The summed E-state index contributed by atoms with van der Waals surface area (Å²) in [5.74, 6) is -0.318. The Morgan fingerprint density at radius 1 is 1.03 bits per heavy atom. The average Bonchev–Trinajstić information content (AvgIpc) is 2.73. The fourth-order valence-corrected chi connectivity index (χ4v) is 4.18. The number of carbonyl (C=O) groups is 1. The second-order valence-electron chi connectivity index (χ2n) is 9.74. The summed E-state index contributed by atoms with van der Waals surface area (Å²) in [6.45, 7) is 4.64. The minimum absolute atomic E-state index is 0.0498. The number of nitrogens with one attached hydrogen (secondary N) is 1. The van der Waals surface area contributed by atoms with Crippen molar-refractivity contribution in [2.75, 3.05) is 6.61 Å². The van der Waals surface area contributed by atoms with Gasteiger partial charge in [0.15, 0.2) is 0 Å². The van der Waals surface area contributed by atoms with Crippen molar-refractivity contribution in [3.05, 3.63) is 70.8 Å². The van der Waals surface area contributed by atoms with Crippen molar-refractivity contribution in [1.29, 1.82) is 0 Å². The van der Waals surface area contributed by atoms with Gasteiger partial charge in [-0.2, -0.15) is 26.3 Å². The topological polar surface area (TPSA) is 64.3 Å². The van der Waals surface area contributed by atoms with Gasteiger partial charge in [0.2, 0.25) is 5.91 Å². The quantitative estimate of drug-likeness (QED) is 0.474. The van der Waals surface area contributed by atoms with Crippen molar-refractivity contribution >= 4 is 5.91 Å². The Hall–Kier alpha value is -2.59. The van der Waals surface area contributed by atoms with Gasteiger partial charge in [-0.25, -0.2) is 0 Å². The number of hydrogen-bond acceptors (Lipinski definition) is 3. The number of hydrogen-bond donors (Lipinski definition) is 2. The fourth-order valence-electron chi connectivity index (χ4n) is 4.18. The Morgan fingerprint density at radius 3 is 2.00 bits per heavy atom. The second-order valence-corrected chi connectivity index (χ2v) is 9.74. The smallest absolute Gasteiger partial charge is 0.373 e. The maximum Gasteiger partial charge on any atom is 0.416 e. The zero-order chi connectivity index (χ0) is 26.2. The lowest BCUT2D eigenvalue weighted by Crippen LogP contribution is -2.60. The number of alkyl halides is 6. The van der Waals surface area contributed by atoms with Crippen LogP contribution in [-0.2, 0) is 27.3 Å². The van der Waals surface area contributed by atoms with Crippen LogP contribution in [0.15, 0.2) is 48.5 Å². The van der Waals surface area contributed by atoms with E-state index in [9.17, 15) is 31.1 Å². The molecule has 10 heteroatoms. The molecule has 4 nitrogen and oxygen atoms in total. The standard InChI is InChI=1S/C25H28F6N2O2/c1-15(16-9-18(24(26,27)28)11-19(10-16)25(29,30)31)35-14-23(17-7-5-4-6-8-17)12-20(13-23)33-21(34)22(2,3)32/h4-11,15,20H,12-14,32H2,1-3H3,(H,33,34)/t15-,20-,23+/m1/s1. The van der Waals surface area contributed by atoms with Crippen LogP contribution in [0, 0.1) is 0 Å². The van der Waals surface area contributed by atoms with Crippen LogP contribution in [0.5, 0.6) is 0 Å². The largest absolute Gasteiger partial charge is 0.416 e. The molecule has 2 aromatic carbocycles. The number of rotatable bonds is 7. The van der Waals surface area contributed by atoms with Gasteiger partial charge in [-0.05, 0) is 62.9 Å². The minimum atomic E-state index is -4.93. The van der Waals surface area contributed by atoms with Crippen LogP contribution in [0.3, 0.4) is 0 Å². The Kier molecular flexibility index (Phi) is 7.30. The number of carbonyl (C=O) groups excluding carboxylic acids is 1. The highest BCUT2D eigenvalue weighted by Gasteiger charge is 2.47. The molecule has 0 radical (unpaired) electrons. The molecule has 0 spiro atoms. The first-order chi connectivity index (χ1) is 16.0. The predicted molar refractivity (Wildman–Crippen MR) is 118 cm³/mol. The maximum atomic E-state index is 13.2. The van der Waals surface area contributed by atoms with Gasteiger partial charge in [0.05, 0.1) is 29.4 Å². The molecule has 0 aliphatic heterocycles. The molecule has 0 heterocycles. The zero-order valence-electron chi connectivity index (χ0n) is 19.6. The van der Waals surface area contributed by atoms with Gasteiger partial charge in [-0.3, -0.25) is 4.79 Å². The summed E-state index contributed by atoms with van der Waals surface area (Å²) in [5.41, 5.74) is 2.14. The Morgan fingerprint density at radius 2 is 1.54 bits per heavy atom. The van der Waals surface area contributed by atoms with E-state index in [4.69, 9.17) is 10.5 Å². The summed E-state index contributed by atoms with van der Waals surface area (Å²) >= 11 is 0. The summed E-state index contributed by atoms with van der Waals surface area (Å²) < 4.78 is 85.3. The molecule has 1 amide bonds. The van der Waals surface area contributed by atoms with E-state index in [0.717, 1.165) is 5.56 Å². The van der Waals surface area contributed by atoms with Gasteiger partial charge in [0.25, 0.3) is 0 Å². The molecule has 35 heavy (non-hydrogen) atoms. The van der Waals surface area contributed by atoms with Crippen LogP contribution in [-0.4, -0.2) is 24.1 Å². The third-order valence-electron chi connectivity index (χ3n) is 6.27. The monoisotopic (exact) mass is 502 g/mol. The molecule has 2 aromatic rings. The number of amides is 1. The third-order valence-corrected chi connectivity index (χ3v) is 6.27. The molecule has 3 rings (SSSR count). The van der Waals surface area contributed by atoms with Crippen LogP contribution in [0.1, 0.15) is 62.0 Å². The molecule has 0 aromatic heterocycles. The number of halogens is 6. The number of ether oxygens (including phenoxy) is 1. The molecule has 1 aliphatic rings.